The van der Waals surface area contributed by atoms with Gasteiger partial charge in [0.1, 0.15) is 0 Å². The molecule has 0 spiro atoms. The molecule has 10 heavy (non-hydrogen) atoms. The van der Waals surface area contributed by atoms with Crippen LogP contribution >= 0.6 is 11.8 Å². The predicted octanol–water partition coefficient (Wildman–Crippen LogP) is 2.27. The van der Waals surface area contributed by atoms with Crippen LogP contribution in [0.3, 0.4) is 0 Å². The van der Waals surface area contributed by atoms with Crippen molar-refractivity contribution in [3.63, 3.8) is 0 Å². The quantitative estimate of drug-likeness (QED) is 0.623. The molecule has 0 rings (SSSR count). The van der Waals surface area contributed by atoms with Crippen LogP contribution in [-0.4, -0.2) is 17.5 Å². The first kappa shape index (κ1) is 10.0. The zero-order valence-electron chi connectivity index (χ0n) is 6.71. The second-order valence-corrected chi connectivity index (χ2v) is 3.62. The Hall–Kier alpha value is 0.0500. The summed E-state index contributed by atoms with van der Waals surface area (Å²) in [6.07, 6.45) is 3.02. The summed E-state index contributed by atoms with van der Waals surface area (Å²) < 4.78 is 0. The van der Waals surface area contributed by atoms with E-state index in [1.54, 1.807) is 17.8 Å². The summed E-state index contributed by atoms with van der Waals surface area (Å²) in [4.78, 5) is 0. The summed E-state index contributed by atoms with van der Waals surface area (Å²) in [7, 11) is 0. The van der Waals surface area contributed by atoms with Crippen LogP contribution in [0.15, 0.2) is 11.5 Å². The molecule has 60 valence electrons. The molecule has 2 heteroatoms. The normalized spacial score (nSPS) is 11.6. The van der Waals surface area contributed by atoms with Gasteiger partial charge < -0.3 is 5.11 Å². The molecule has 0 radical (unpaired) electrons. The number of hydrogen-bond acceptors (Lipinski definition) is 2. The Morgan fingerprint density at radius 3 is 2.70 bits per heavy atom. The highest BCUT2D eigenvalue weighted by molar-refractivity contribution is 8.02. The lowest BCUT2D eigenvalue weighted by Crippen LogP contribution is -1.87. The van der Waals surface area contributed by atoms with Gasteiger partial charge in [-0.25, -0.2) is 0 Å². The van der Waals surface area contributed by atoms with Crippen LogP contribution in [0.4, 0.5) is 0 Å². The number of rotatable bonds is 5. The summed E-state index contributed by atoms with van der Waals surface area (Å²) in [6, 6.07) is 0. The Labute approximate surface area is 67.5 Å². The summed E-state index contributed by atoms with van der Waals surface area (Å²) in [5.41, 5.74) is 0. The van der Waals surface area contributed by atoms with E-state index < -0.39 is 0 Å². The maximum atomic E-state index is 8.37. The Morgan fingerprint density at radius 1 is 1.50 bits per heavy atom. The molecule has 0 bridgehead atoms. The second kappa shape index (κ2) is 7.16. The fraction of sp³-hybridized carbons (Fsp3) is 0.750. The Bertz CT molecular complexity index is 89.3. The third kappa shape index (κ3) is 8.05. The van der Waals surface area contributed by atoms with Crippen molar-refractivity contribution in [2.75, 3.05) is 12.4 Å². The van der Waals surface area contributed by atoms with Gasteiger partial charge in [-0.05, 0) is 23.5 Å². The van der Waals surface area contributed by atoms with Crippen molar-refractivity contribution in [1.82, 2.24) is 0 Å². The summed E-state index contributed by atoms with van der Waals surface area (Å²) in [5.74, 6) is 1.95. The first-order valence-electron chi connectivity index (χ1n) is 3.65. The van der Waals surface area contributed by atoms with Gasteiger partial charge in [-0.3, -0.25) is 0 Å². The van der Waals surface area contributed by atoms with E-state index in [0.29, 0.717) is 0 Å². The predicted molar refractivity (Wildman–Crippen MR) is 48.1 cm³/mol. The highest BCUT2D eigenvalue weighted by Gasteiger charge is 1.90. The topological polar surface area (TPSA) is 20.2 Å². The van der Waals surface area contributed by atoms with E-state index in [4.69, 9.17) is 5.11 Å². The van der Waals surface area contributed by atoms with Crippen LogP contribution in [0.5, 0.6) is 0 Å². The SMILES string of the molecule is CC(C)CCS/C=C/CO. The first-order chi connectivity index (χ1) is 4.77. The smallest absolute Gasteiger partial charge is 0.0620 e. The van der Waals surface area contributed by atoms with Gasteiger partial charge in [-0.15, -0.1) is 11.8 Å². The van der Waals surface area contributed by atoms with Gasteiger partial charge in [0.2, 0.25) is 0 Å². The standard InChI is InChI=1S/C8H16OS/c1-8(2)4-7-10-6-3-5-9/h3,6,8-9H,4-5,7H2,1-2H3/b6-3+. The van der Waals surface area contributed by atoms with Crippen LogP contribution in [0.25, 0.3) is 0 Å². The fourth-order valence-corrected chi connectivity index (χ4v) is 1.45. The second-order valence-electron chi connectivity index (χ2n) is 2.61. The van der Waals surface area contributed by atoms with Gasteiger partial charge in [-0.2, -0.15) is 0 Å². The molecule has 0 aliphatic carbocycles. The van der Waals surface area contributed by atoms with Gasteiger partial charge in [0.05, 0.1) is 6.61 Å². The first-order valence-corrected chi connectivity index (χ1v) is 4.69. The number of aliphatic hydroxyl groups is 1. The van der Waals surface area contributed by atoms with Crippen molar-refractivity contribution in [2.45, 2.75) is 20.3 Å². The van der Waals surface area contributed by atoms with Gasteiger partial charge in [0.15, 0.2) is 0 Å². The molecule has 0 amide bonds. The van der Waals surface area contributed by atoms with Crippen LogP contribution in [0, 0.1) is 5.92 Å². The van der Waals surface area contributed by atoms with Gasteiger partial charge in [-0.1, -0.05) is 19.9 Å². The van der Waals surface area contributed by atoms with Crippen LogP contribution < -0.4 is 0 Å². The van der Waals surface area contributed by atoms with E-state index in [-0.39, 0.29) is 6.61 Å². The van der Waals surface area contributed by atoms with Gasteiger partial charge in [0, 0.05) is 0 Å². The Balaban J connectivity index is 2.97. The van der Waals surface area contributed by atoms with E-state index in [0.717, 1.165) is 11.7 Å². The zero-order chi connectivity index (χ0) is 7.82. The third-order valence-electron chi connectivity index (χ3n) is 1.11. The molecule has 0 aromatic heterocycles. The van der Waals surface area contributed by atoms with Crippen molar-refractivity contribution in [1.29, 1.82) is 0 Å². The molecule has 0 saturated carbocycles. The average Bonchev–Trinajstić information content (AvgIpc) is 1.87. The summed E-state index contributed by atoms with van der Waals surface area (Å²) in [5, 5.41) is 10.3. The van der Waals surface area contributed by atoms with Gasteiger partial charge >= 0.3 is 0 Å². The number of hydrogen-bond donors (Lipinski definition) is 1. The van der Waals surface area contributed by atoms with E-state index in [9.17, 15) is 0 Å². The molecule has 0 aliphatic rings. The maximum Gasteiger partial charge on any atom is 0.0620 e. The van der Waals surface area contributed by atoms with Crippen molar-refractivity contribution in [2.24, 2.45) is 5.92 Å². The van der Waals surface area contributed by atoms with Crippen molar-refractivity contribution >= 4 is 11.8 Å². The largest absolute Gasteiger partial charge is 0.392 e. The molecule has 0 unspecified atom stereocenters. The minimum absolute atomic E-state index is 0.161. The molecule has 1 N–H and O–H groups in total. The zero-order valence-corrected chi connectivity index (χ0v) is 7.53. The van der Waals surface area contributed by atoms with Crippen LogP contribution in [0.1, 0.15) is 20.3 Å². The lowest BCUT2D eigenvalue weighted by atomic mass is 10.2. The molecule has 0 fully saturated rings. The van der Waals surface area contributed by atoms with Crippen molar-refractivity contribution < 1.29 is 5.11 Å². The molecule has 0 aromatic carbocycles. The number of aliphatic hydroxyl groups excluding tert-OH is 1. The number of thioether (sulfide) groups is 1. The minimum Gasteiger partial charge on any atom is -0.392 e. The lowest BCUT2D eigenvalue weighted by Gasteiger charge is -1.99. The highest BCUT2D eigenvalue weighted by Crippen LogP contribution is 2.08. The third-order valence-corrected chi connectivity index (χ3v) is 1.97. The Morgan fingerprint density at radius 2 is 2.20 bits per heavy atom. The van der Waals surface area contributed by atoms with E-state index >= 15 is 0 Å². The molecular formula is C8H16OS. The molecule has 0 atom stereocenters. The summed E-state index contributed by atoms with van der Waals surface area (Å²) in [6.45, 7) is 4.60. The molecule has 0 heterocycles. The van der Waals surface area contributed by atoms with E-state index in [1.165, 1.54) is 6.42 Å². The lowest BCUT2D eigenvalue weighted by molar-refractivity contribution is 0.343. The highest BCUT2D eigenvalue weighted by atomic mass is 32.2. The van der Waals surface area contributed by atoms with Crippen molar-refractivity contribution in [3.05, 3.63) is 11.5 Å². The van der Waals surface area contributed by atoms with Crippen LogP contribution in [0.2, 0.25) is 0 Å². The minimum atomic E-state index is 0.161. The van der Waals surface area contributed by atoms with Crippen molar-refractivity contribution in [3.8, 4) is 0 Å². The molecular weight excluding hydrogens is 144 g/mol. The average molecular weight is 160 g/mol. The van der Waals surface area contributed by atoms with Gasteiger partial charge in [0.25, 0.3) is 0 Å². The monoisotopic (exact) mass is 160 g/mol. The van der Waals surface area contributed by atoms with E-state index in [2.05, 4.69) is 13.8 Å². The Kier molecular flexibility index (Phi) is 7.20. The molecule has 1 nitrogen and oxygen atoms in total. The molecule has 0 aromatic rings. The molecule has 0 saturated heterocycles. The maximum absolute atomic E-state index is 8.37. The summed E-state index contributed by atoms with van der Waals surface area (Å²) >= 11 is 1.77. The van der Waals surface area contributed by atoms with E-state index in [1.807, 2.05) is 5.41 Å². The van der Waals surface area contributed by atoms with Crippen LogP contribution in [-0.2, 0) is 0 Å². The molecule has 0 aliphatic heterocycles. The fourth-order valence-electron chi connectivity index (χ4n) is 0.483.